The molecule has 70 valence electrons. The highest BCUT2D eigenvalue weighted by Crippen LogP contribution is 2.16. The molecule has 4 heteroatoms. The van der Waals surface area contributed by atoms with Crippen molar-refractivity contribution in [2.45, 2.75) is 19.8 Å². The molecule has 1 rings (SSSR count). The second-order valence-corrected chi connectivity index (χ2v) is 2.98. The maximum atomic E-state index is 11.2. The predicted octanol–water partition coefficient (Wildman–Crippen LogP) is 0.759. The zero-order valence-electron chi connectivity index (χ0n) is 7.28. The number of piperidine rings is 1. The number of hydroxylamine groups is 2. The van der Waals surface area contributed by atoms with Crippen molar-refractivity contribution in [2.24, 2.45) is 5.92 Å². The number of carbonyl (C=O) groups excluding carboxylic acids is 1. The Morgan fingerprint density at radius 3 is 3.08 bits per heavy atom. The van der Waals surface area contributed by atoms with E-state index in [4.69, 9.17) is 4.74 Å². The third-order valence-electron chi connectivity index (χ3n) is 2.00. The standard InChI is InChI=1S/C8H14NO3/c1-2-12-8(10)7-4-3-5-9(11)6-7/h7H,2-6H2,1H3/q-1. The van der Waals surface area contributed by atoms with Crippen molar-refractivity contribution in [3.63, 3.8) is 0 Å². The van der Waals surface area contributed by atoms with Crippen LogP contribution in [0.4, 0.5) is 0 Å². The lowest BCUT2D eigenvalue weighted by molar-refractivity contribution is -0.149. The number of hydrogen-bond donors (Lipinski definition) is 0. The molecule has 4 nitrogen and oxygen atoms in total. The van der Waals surface area contributed by atoms with Gasteiger partial charge in [-0.05, 0) is 32.9 Å². The fourth-order valence-corrected chi connectivity index (χ4v) is 1.39. The first kappa shape index (κ1) is 9.48. The fourth-order valence-electron chi connectivity index (χ4n) is 1.39. The molecule has 0 bridgehead atoms. The number of hydrogen-bond acceptors (Lipinski definition) is 4. The van der Waals surface area contributed by atoms with E-state index in [1.54, 1.807) is 6.92 Å². The summed E-state index contributed by atoms with van der Waals surface area (Å²) in [5.41, 5.74) is 0. The van der Waals surface area contributed by atoms with Crippen LogP contribution in [0.2, 0.25) is 0 Å². The molecule has 1 saturated heterocycles. The van der Waals surface area contributed by atoms with Crippen LogP contribution in [0.1, 0.15) is 19.8 Å². The average Bonchev–Trinajstić information content (AvgIpc) is 2.05. The zero-order valence-corrected chi connectivity index (χ0v) is 7.28. The third kappa shape index (κ3) is 2.46. The Morgan fingerprint density at radius 1 is 1.75 bits per heavy atom. The summed E-state index contributed by atoms with van der Waals surface area (Å²) in [7, 11) is 0. The molecule has 0 radical (unpaired) electrons. The van der Waals surface area contributed by atoms with Gasteiger partial charge in [-0.3, -0.25) is 4.79 Å². The number of carbonyl (C=O) groups is 1. The lowest BCUT2D eigenvalue weighted by Gasteiger charge is -2.35. The summed E-state index contributed by atoms with van der Waals surface area (Å²) in [4.78, 5) is 11.2. The van der Waals surface area contributed by atoms with Crippen molar-refractivity contribution >= 4 is 5.97 Å². The lowest BCUT2D eigenvalue weighted by atomic mass is 10.00. The normalized spacial score (nSPS) is 25.3. The topological polar surface area (TPSA) is 52.6 Å². The summed E-state index contributed by atoms with van der Waals surface area (Å²) in [6, 6.07) is 0. The second kappa shape index (κ2) is 4.42. The Bertz CT molecular complexity index is 160. The second-order valence-electron chi connectivity index (χ2n) is 2.98. The van der Waals surface area contributed by atoms with E-state index < -0.39 is 0 Å². The quantitative estimate of drug-likeness (QED) is 0.577. The zero-order chi connectivity index (χ0) is 8.97. The molecular formula is C8H14NO3-. The molecule has 0 aromatic rings. The molecule has 0 aromatic heterocycles. The van der Waals surface area contributed by atoms with Crippen LogP contribution >= 0.6 is 0 Å². The van der Waals surface area contributed by atoms with Crippen LogP contribution in [-0.2, 0) is 9.53 Å². The molecule has 0 spiro atoms. The van der Waals surface area contributed by atoms with Crippen molar-refractivity contribution in [2.75, 3.05) is 19.7 Å². The Labute approximate surface area is 72.1 Å². The SMILES string of the molecule is CCOC(=O)C1CCCN([O-])C1. The third-order valence-corrected chi connectivity index (χ3v) is 2.00. The Hall–Kier alpha value is -0.610. The number of esters is 1. The van der Waals surface area contributed by atoms with E-state index in [1.165, 1.54) is 0 Å². The minimum Gasteiger partial charge on any atom is -0.785 e. The molecule has 0 aromatic carbocycles. The maximum Gasteiger partial charge on any atom is 0.310 e. The van der Waals surface area contributed by atoms with Gasteiger partial charge >= 0.3 is 5.97 Å². The molecule has 1 atom stereocenters. The summed E-state index contributed by atoms with van der Waals surface area (Å²) in [6.07, 6.45) is 1.59. The highest BCUT2D eigenvalue weighted by molar-refractivity contribution is 5.72. The molecule has 1 unspecified atom stereocenters. The predicted molar refractivity (Wildman–Crippen MR) is 44.3 cm³/mol. The molecule has 0 amide bonds. The molecule has 0 aliphatic carbocycles. The van der Waals surface area contributed by atoms with E-state index in [-0.39, 0.29) is 11.9 Å². The molecule has 1 aliphatic rings. The molecule has 1 aliphatic heterocycles. The van der Waals surface area contributed by atoms with Crippen molar-refractivity contribution in [3.05, 3.63) is 5.21 Å². The van der Waals surface area contributed by atoms with Crippen LogP contribution in [0.25, 0.3) is 0 Å². The molecule has 1 heterocycles. The van der Waals surface area contributed by atoms with Gasteiger partial charge in [0.05, 0.1) is 12.5 Å². The van der Waals surface area contributed by atoms with Gasteiger partial charge in [0.1, 0.15) is 0 Å². The summed E-state index contributed by atoms with van der Waals surface area (Å²) >= 11 is 0. The molecule has 0 saturated carbocycles. The van der Waals surface area contributed by atoms with Crippen molar-refractivity contribution in [1.82, 2.24) is 5.06 Å². The Morgan fingerprint density at radius 2 is 2.50 bits per heavy atom. The number of nitrogens with zero attached hydrogens (tertiary/aromatic N) is 1. The van der Waals surface area contributed by atoms with Crippen LogP contribution in [0.5, 0.6) is 0 Å². The number of ether oxygens (including phenoxy) is 1. The Kier molecular flexibility index (Phi) is 3.49. The van der Waals surface area contributed by atoms with E-state index in [0.29, 0.717) is 19.7 Å². The van der Waals surface area contributed by atoms with Crippen LogP contribution in [0.3, 0.4) is 0 Å². The first-order valence-electron chi connectivity index (χ1n) is 4.32. The summed E-state index contributed by atoms with van der Waals surface area (Å²) in [5, 5.41) is 11.8. The Balaban J connectivity index is 2.35. The monoisotopic (exact) mass is 172 g/mol. The highest BCUT2D eigenvalue weighted by atomic mass is 16.5. The minimum absolute atomic E-state index is 0.198. The summed E-state index contributed by atoms with van der Waals surface area (Å²) < 4.78 is 4.83. The summed E-state index contributed by atoms with van der Waals surface area (Å²) in [5.74, 6) is -0.422. The summed E-state index contributed by atoms with van der Waals surface area (Å²) in [6.45, 7) is 3.03. The van der Waals surface area contributed by atoms with Gasteiger partial charge in [-0.25, -0.2) is 0 Å². The van der Waals surface area contributed by atoms with E-state index >= 15 is 0 Å². The van der Waals surface area contributed by atoms with Crippen LogP contribution < -0.4 is 0 Å². The molecular weight excluding hydrogens is 158 g/mol. The van der Waals surface area contributed by atoms with Gasteiger partial charge in [0.2, 0.25) is 0 Å². The van der Waals surface area contributed by atoms with Crippen LogP contribution in [0.15, 0.2) is 0 Å². The van der Waals surface area contributed by atoms with Crippen molar-refractivity contribution in [3.8, 4) is 0 Å². The van der Waals surface area contributed by atoms with Crippen molar-refractivity contribution in [1.29, 1.82) is 0 Å². The van der Waals surface area contributed by atoms with Gasteiger partial charge in [-0.2, -0.15) is 0 Å². The van der Waals surface area contributed by atoms with E-state index in [0.717, 1.165) is 17.9 Å². The van der Waals surface area contributed by atoms with Crippen molar-refractivity contribution < 1.29 is 9.53 Å². The molecule has 0 N–H and O–H groups in total. The average molecular weight is 172 g/mol. The first-order chi connectivity index (χ1) is 5.74. The van der Waals surface area contributed by atoms with E-state index in [9.17, 15) is 10.0 Å². The lowest BCUT2D eigenvalue weighted by Crippen LogP contribution is -2.35. The van der Waals surface area contributed by atoms with Crippen LogP contribution in [-0.4, -0.2) is 30.7 Å². The maximum absolute atomic E-state index is 11.2. The first-order valence-corrected chi connectivity index (χ1v) is 4.32. The van der Waals surface area contributed by atoms with Gasteiger partial charge in [0.15, 0.2) is 0 Å². The number of rotatable bonds is 2. The van der Waals surface area contributed by atoms with Gasteiger partial charge in [0, 0.05) is 0 Å². The smallest absolute Gasteiger partial charge is 0.310 e. The fraction of sp³-hybridized carbons (Fsp3) is 0.875. The largest absolute Gasteiger partial charge is 0.785 e. The highest BCUT2D eigenvalue weighted by Gasteiger charge is 2.22. The van der Waals surface area contributed by atoms with Gasteiger partial charge < -0.3 is 15.0 Å². The molecule has 1 fully saturated rings. The van der Waals surface area contributed by atoms with Gasteiger partial charge in [-0.15, -0.1) is 0 Å². The molecule has 12 heavy (non-hydrogen) atoms. The minimum atomic E-state index is -0.224. The van der Waals surface area contributed by atoms with Gasteiger partial charge in [-0.1, -0.05) is 0 Å². The van der Waals surface area contributed by atoms with Gasteiger partial charge in [0.25, 0.3) is 0 Å². The van der Waals surface area contributed by atoms with E-state index in [2.05, 4.69) is 0 Å². The van der Waals surface area contributed by atoms with Crippen LogP contribution in [0, 0.1) is 11.1 Å². The van der Waals surface area contributed by atoms with E-state index in [1.807, 2.05) is 0 Å².